The first-order valence-corrected chi connectivity index (χ1v) is 3.69. The third kappa shape index (κ3) is 0.794. The number of halogens is 1. The first-order chi connectivity index (χ1) is 5.70. The number of hydrogen-bond acceptors (Lipinski definition) is 1. The Labute approximate surface area is 69.4 Å². The SMILES string of the molecule is Cn1ccc2ccc(N)c(F)c21. The molecule has 0 fully saturated rings. The van der Waals surface area contributed by atoms with Gasteiger partial charge in [-0.2, -0.15) is 0 Å². The van der Waals surface area contributed by atoms with Crippen LogP contribution in [0.15, 0.2) is 24.4 Å². The van der Waals surface area contributed by atoms with E-state index in [9.17, 15) is 4.39 Å². The summed E-state index contributed by atoms with van der Waals surface area (Å²) in [6.07, 6.45) is 1.81. The lowest BCUT2D eigenvalue weighted by Crippen LogP contribution is -1.94. The van der Waals surface area contributed by atoms with Crippen LogP contribution in [-0.4, -0.2) is 4.57 Å². The first kappa shape index (κ1) is 7.16. The topological polar surface area (TPSA) is 30.9 Å². The Kier molecular flexibility index (Phi) is 1.33. The summed E-state index contributed by atoms with van der Waals surface area (Å²) in [5, 5.41) is 0.879. The number of hydrogen-bond donors (Lipinski definition) is 1. The lowest BCUT2D eigenvalue weighted by atomic mass is 10.2. The maximum atomic E-state index is 13.3. The monoisotopic (exact) mass is 164 g/mol. The maximum absolute atomic E-state index is 13.3. The van der Waals surface area contributed by atoms with Crippen LogP contribution in [0.25, 0.3) is 10.9 Å². The Morgan fingerprint density at radius 2 is 2.08 bits per heavy atom. The molecule has 0 aliphatic rings. The average molecular weight is 164 g/mol. The molecule has 1 heterocycles. The molecule has 0 atom stereocenters. The normalized spacial score (nSPS) is 10.8. The number of aromatic nitrogens is 1. The molecule has 0 unspecified atom stereocenters. The van der Waals surface area contributed by atoms with Crippen LogP contribution >= 0.6 is 0 Å². The molecule has 0 saturated heterocycles. The second kappa shape index (κ2) is 2.24. The van der Waals surface area contributed by atoms with Crippen LogP contribution in [0.5, 0.6) is 0 Å². The molecule has 12 heavy (non-hydrogen) atoms. The van der Waals surface area contributed by atoms with E-state index < -0.39 is 0 Å². The number of anilines is 1. The van der Waals surface area contributed by atoms with Crippen molar-refractivity contribution in [3.05, 3.63) is 30.2 Å². The molecule has 1 aromatic carbocycles. The molecule has 0 saturated carbocycles. The van der Waals surface area contributed by atoms with Gasteiger partial charge in [-0.15, -0.1) is 0 Å². The second-order valence-corrected chi connectivity index (χ2v) is 2.83. The van der Waals surface area contributed by atoms with Crippen molar-refractivity contribution in [2.45, 2.75) is 0 Å². The van der Waals surface area contributed by atoms with E-state index in [1.165, 1.54) is 0 Å². The Morgan fingerprint density at radius 1 is 1.33 bits per heavy atom. The molecule has 2 aromatic rings. The fraction of sp³-hybridized carbons (Fsp3) is 0.111. The number of benzene rings is 1. The van der Waals surface area contributed by atoms with E-state index in [2.05, 4.69) is 0 Å². The third-order valence-electron chi connectivity index (χ3n) is 2.01. The summed E-state index contributed by atoms with van der Waals surface area (Å²) in [5.41, 5.74) is 6.19. The number of aryl methyl sites for hydroxylation is 1. The van der Waals surface area contributed by atoms with Crippen molar-refractivity contribution in [2.24, 2.45) is 7.05 Å². The molecule has 0 bridgehead atoms. The van der Waals surface area contributed by atoms with Crippen molar-refractivity contribution >= 4 is 16.6 Å². The highest BCUT2D eigenvalue weighted by Crippen LogP contribution is 2.22. The van der Waals surface area contributed by atoms with Crippen LogP contribution in [0, 0.1) is 5.82 Å². The van der Waals surface area contributed by atoms with E-state index in [4.69, 9.17) is 5.73 Å². The molecule has 0 aliphatic heterocycles. The largest absolute Gasteiger partial charge is 0.396 e. The number of nitrogens with zero attached hydrogens (tertiary/aromatic N) is 1. The maximum Gasteiger partial charge on any atom is 0.170 e. The van der Waals surface area contributed by atoms with Gasteiger partial charge in [0.05, 0.1) is 11.2 Å². The smallest absolute Gasteiger partial charge is 0.170 e. The van der Waals surface area contributed by atoms with Crippen molar-refractivity contribution in [1.82, 2.24) is 4.57 Å². The number of fused-ring (bicyclic) bond motifs is 1. The number of nitrogen functional groups attached to an aromatic ring is 1. The standard InChI is InChI=1S/C9H9FN2/c1-12-5-4-6-2-3-7(11)8(10)9(6)12/h2-5H,11H2,1H3. The molecule has 2 N–H and O–H groups in total. The molecule has 0 spiro atoms. The minimum atomic E-state index is -0.333. The van der Waals surface area contributed by atoms with Crippen molar-refractivity contribution in [3.63, 3.8) is 0 Å². The summed E-state index contributed by atoms with van der Waals surface area (Å²) >= 11 is 0. The lowest BCUT2D eigenvalue weighted by Gasteiger charge is -2.00. The van der Waals surface area contributed by atoms with E-state index in [1.54, 1.807) is 17.7 Å². The molecule has 0 amide bonds. The predicted octanol–water partition coefficient (Wildman–Crippen LogP) is 1.90. The minimum absolute atomic E-state index is 0.198. The van der Waals surface area contributed by atoms with Crippen LogP contribution < -0.4 is 5.73 Å². The summed E-state index contributed by atoms with van der Waals surface area (Å²) in [5.74, 6) is -0.333. The van der Waals surface area contributed by atoms with Gasteiger partial charge in [-0.05, 0) is 12.1 Å². The van der Waals surface area contributed by atoms with E-state index in [0.717, 1.165) is 5.39 Å². The van der Waals surface area contributed by atoms with Gasteiger partial charge in [0.1, 0.15) is 0 Å². The zero-order chi connectivity index (χ0) is 8.72. The van der Waals surface area contributed by atoms with Gasteiger partial charge in [-0.3, -0.25) is 0 Å². The van der Waals surface area contributed by atoms with Crippen molar-refractivity contribution in [1.29, 1.82) is 0 Å². The molecular weight excluding hydrogens is 155 g/mol. The molecule has 2 rings (SSSR count). The van der Waals surface area contributed by atoms with Gasteiger partial charge in [-0.1, -0.05) is 6.07 Å². The van der Waals surface area contributed by atoms with E-state index >= 15 is 0 Å². The van der Waals surface area contributed by atoms with Crippen molar-refractivity contribution in [2.75, 3.05) is 5.73 Å². The summed E-state index contributed by atoms with van der Waals surface area (Å²) < 4.78 is 15.1. The quantitative estimate of drug-likeness (QED) is 0.592. The van der Waals surface area contributed by atoms with Gasteiger partial charge in [-0.25, -0.2) is 4.39 Å². The summed E-state index contributed by atoms with van der Waals surface area (Å²) in [6.45, 7) is 0. The predicted molar refractivity (Wildman–Crippen MR) is 47.3 cm³/mol. The Morgan fingerprint density at radius 3 is 2.83 bits per heavy atom. The third-order valence-corrected chi connectivity index (χ3v) is 2.01. The highest BCUT2D eigenvalue weighted by Gasteiger charge is 2.06. The van der Waals surface area contributed by atoms with Crippen molar-refractivity contribution in [3.8, 4) is 0 Å². The van der Waals surface area contributed by atoms with Gasteiger partial charge >= 0.3 is 0 Å². The fourth-order valence-corrected chi connectivity index (χ4v) is 1.35. The summed E-state index contributed by atoms with van der Waals surface area (Å²) in [4.78, 5) is 0. The fourth-order valence-electron chi connectivity index (χ4n) is 1.35. The first-order valence-electron chi connectivity index (χ1n) is 3.69. The van der Waals surface area contributed by atoms with Crippen LogP contribution in [0.2, 0.25) is 0 Å². The average Bonchev–Trinajstić information content (AvgIpc) is 2.41. The molecule has 1 aromatic heterocycles. The van der Waals surface area contributed by atoms with Crippen LogP contribution in [0.1, 0.15) is 0 Å². The Hall–Kier alpha value is -1.51. The van der Waals surface area contributed by atoms with E-state index in [0.29, 0.717) is 5.52 Å². The van der Waals surface area contributed by atoms with Gasteiger partial charge < -0.3 is 10.3 Å². The van der Waals surface area contributed by atoms with Crippen LogP contribution in [-0.2, 0) is 7.05 Å². The molecule has 2 nitrogen and oxygen atoms in total. The van der Waals surface area contributed by atoms with E-state index in [-0.39, 0.29) is 11.5 Å². The van der Waals surface area contributed by atoms with Gasteiger partial charge in [0, 0.05) is 18.6 Å². The van der Waals surface area contributed by atoms with Crippen LogP contribution in [0.3, 0.4) is 0 Å². The minimum Gasteiger partial charge on any atom is -0.396 e. The highest BCUT2D eigenvalue weighted by molar-refractivity contribution is 5.83. The molecule has 0 radical (unpaired) electrons. The van der Waals surface area contributed by atoms with E-state index in [1.807, 2.05) is 18.3 Å². The van der Waals surface area contributed by atoms with Crippen molar-refractivity contribution < 1.29 is 4.39 Å². The van der Waals surface area contributed by atoms with Gasteiger partial charge in [0.2, 0.25) is 0 Å². The molecule has 62 valence electrons. The molecule has 0 aliphatic carbocycles. The van der Waals surface area contributed by atoms with Crippen LogP contribution in [0.4, 0.5) is 10.1 Å². The number of nitrogens with two attached hydrogens (primary N) is 1. The molecular formula is C9H9FN2. The molecule has 3 heteroatoms. The highest BCUT2D eigenvalue weighted by atomic mass is 19.1. The zero-order valence-corrected chi connectivity index (χ0v) is 6.71. The summed E-state index contributed by atoms with van der Waals surface area (Å²) in [7, 11) is 1.80. The van der Waals surface area contributed by atoms with Gasteiger partial charge in [0.25, 0.3) is 0 Å². The van der Waals surface area contributed by atoms with Gasteiger partial charge in [0.15, 0.2) is 5.82 Å². The second-order valence-electron chi connectivity index (χ2n) is 2.83. The Balaban J connectivity index is 2.96. The summed E-state index contributed by atoms with van der Waals surface area (Å²) in [6, 6.07) is 5.25. The number of rotatable bonds is 0. The lowest BCUT2D eigenvalue weighted by molar-refractivity contribution is 0.636. The zero-order valence-electron chi connectivity index (χ0n) is 6.71. The Bertz CT molecular complexity index is 431.